The highest BCUT2D eigenvalue weighted by Gasteiger charge is 2.27. The van der Waals surface area contributed by atoms with Crippen LogP contribution in [0.1, 0.15) is 32.6 Å². The van der Waals surface area contributed by atoms with Crippen LogP contribution in [0.4, 0.5) is 0 Å². The van der Waals surface area contributed by atoms with Gasteiger partial charge in [0.15, 0.2) is 0 Å². The van der Waals surface area contributed by atoms with Crippen molar-refractivity contribution in [3.8, 4) is 0 Å². The van der Waals surface area contributed by atoms with Gasteiger partial charge in [0.25, 0.3) is 0 Å². The molecule has 2 amide bonds. The standard InChI is InChI=1S/C13H25N3O4S/c1-3-12(17)15-10-4-7-16(8-5-10)13(18)11(14)6-9-21(2,19)20/h10-11H,3-9,14H2,1-2H3,(H,15,17). The van der Waals surface area contributed by atoms with Crippen LogP contribution in [-0.4, -0.2) is 62.3 Å². The van der Waals surface area contributed by atoms with Crippen molar-refractivity contribution in [1.29, 1.82) is 0 Å². The van der Waals surface area contributed by atoms with Crippen LogP contribution in [0.25, 0.3) is 0 Å². The van der Waals surface area contributed by atoms with Crippen LogP contribution in [0.2, 0.25) is 0 Å². The van der Waals surface area contributed by atoms with E-state index < -0.39 is 15.9 Å². The van der Waals surface area contributed by atoms with E-state index in [-0.39, 0.29) is 30.0 Å². The molecule has 0 aliphatic carbocycles. The third-order valence-electron chi connectivity index (χ3n) is 3.61. The summed E-state index contributed by atoms with van der Waals surface area (Å²) >= 11 is 0. The van der Waals surface area contributed by atoms with Gasteiger partial charge in [-0.1, -0.05) is 6.92 Å². The molecule has 0 aromatic heterocycles. The second-order valence-corrected chi connectivity index (χ2v) is 7.81. The fraction of sp³-hybridized carbons (Fsp3) is 0.846. The smallest absolute Gasteiger partial charge is 0.239 e. The molecule has 1 atom stereocenters. The highest BCUT2D eigenvalue weighted by molar-refractivity contribution is 7.90. The number of piperidine rings is 1. The number of rotatable bonds is 6. The van der Waals surface area contributed by atoms with E-state index in [4.69, 9.17) is 5.73 Å². The Balaban J connectivity index is 2.39. The summed E-state index contributed by atoms with van der Waals surface area (Å²) in [6, 6.07) is -0.671. The number of nitrogens with zero attached hydrogens (tertiary/aromatic N) is 1. The van der Waals surface area contributed by atoms with Crippen molar-refractivity contribution in [2.24, 2.45) is 5.73 Å². The lowest BCUT2D eigenvalue weighted by molar-refractivity contribution is -0.133. The Morgan fingerprint density at radius 2 is 1.90 bits per heavy atom. The molecule has 0 aromatic rings. The van der Waals surface area contributed by atoms with Gasteiger partial charge in [-0.15, -0.1) is 0 Å². The summed E-state index contributed by atoms with van der Waals surface area (Å²) in [5.41, 5.74) is 5.77. The molecule has 0 aromatic carbocycles. The Kier molecular flexibility index (Phi) is 6.60. The van der Waals surface area contributed by atoms with Gasteiger partial charge in [-0.2, -0.15) is 0 Å². The summed E-state index contributed by atoms with van der Waals surface area (Å²) in [6.07, 6.45) is 3.14. The zero-order valence-corrected chi connectivity index (χ0v) is 13.5. The maximum absolute atomic E-state index is 12.1. The summed E-state index contributed by atoms with van der Waals surface area (Å²) in [6.45, 7) is 2.88. The minimum Gasteiger partial charge on any atom is -0.353 e. The summed E-state index contributed by atoms with van der Waals surface area (Å²) < 4.78 is 22.2. The molecule has 0 spiro atoms. The number of nitrogens with one attached hydrogen (secondary N) is 1. The monoisotopic (exact) mass is 319 g/mol. The molecule has 0 bridgehead atoms. The lowest BCUT2D eigenvalue weighted by Gasteiger charge is -2.33. The fourth-order valence-corrected chi connectivity index (χ4v) is 2.96. The Bertz CT molecular complexity index is 470. The molecule has 1 rings (SSSR count). The number of nitrogens with two attached hydrogens (primary N) is 1. The Morgan fingerprint density at radius 1 is 1.33 bits per heavy atom. The normalized spacial score (nSPS) is 18.3. The molecular formula is C13H25N3O4S. The van der Waals surface area contributed by atoms with Crippen LogP contribution >= 0.6 is 0 Å². The van der Waals surface area contributed by atoms with Gasteiger partial charge < -0.3 is 16.0 Å². The first-order valence-corrected chi connectivity index (χ1v) is 9.30. The third-order valence-corrected chi connectivity index (χ3v) is 4.59. The largest absolute Gasteiger partial charge is 0.353 e. The highest BCUT2D eigenvalue weighted by Crippen LogP contribution is 2.12. The minimum absolute atomic E-state index is 0.0182. The van der Waals surface area contributed by atoms with Crippen LogP contribution in [0.3, 0.4) is 0 Å². The van der Waals surface area contributed by atoms with Gasteiger partial charge in [0.1, 0.15) is 9.84 Å². The molecule has 1 unspecified atom stereocenters. The van der Waals surface area contributed by atoms with Gasteiger partial charge in [-0.25, -0.2) is 8.42 Å². The molecule has 122 valence electrons. The number of likely N-dealkylation sites (tertiary alicyclic amines) is 1. The zero-order chi connectivity index (χ0) is 16.0. The number of carbonyl (C=O) groups is 2. The first-order chi connectivity index (χ1) is 9.73. The first-order valence-electron chi connectivity index (χ1n) is 7.24. The van der Waals surface area contributed by atoms with E-state index >= 15 is 0 Å². The van der Waals surface area contributed by atoms with E-state index in [1.54, 1.807) is 11.8 Å². The maximum Gasteiger partial charge on any atom is 0.239 e. The predicted molar refractivity (Wildman–Crippen MR) is 80.3 cm³/mol. The van der Waals surface area contributed by atoms with E-state index in [1.807, 2.05) is 0 Å². The van der Waals surface area contributed by atoms with E-state index in [0.717, 1.165) is 6.26 Å². The van der Waals surface area contributed by atoms with Gasteiger partial charge in [0.2, 0.25) is 11.8 Å². The Labute approximate surface area is 126 Å². The van der Waals surface area contributed by atoms with Crippen LogP contribution in [-0.2, 0) is 19.4 Å². The summed E-state index contributed by atoms with van der Waals surface area (Å²) in [7, 11) is -3.11. The number of hydrogen-bond acceptors (Lipinski definition) is 5. The van der Waals surface area contributed by atoms with E-state index in [2.05, 4.69) is 5.32 Å². The van der Waals surface area contributed by atoms with E-state index in [9.17, 15) is 18.0 Å². The predicted octanol–water partition coefficient (Wildman–Crippen LogP) is -0.734. The summed E-state index contributed by atoms with van der Waals surface area (Å²) in [4.78, 5) is 25.1. The second-order valence-electron chi connectivity index (χ2n) is 5.55. The number of amides is 2. The molecule has 3 N–H and O–H groups in total. The van der Waals surface area contributed by atoms with Crippen LogP contribution < -0.4 is 11.1 Å². The second kappa shape index (κ2) is 7.74. The third kappa shape index (κ3) is 6.43. The lowest BCUT2D eigenvalue weighted by Crippen LogP contribution is -2.51. The molecule has 0 radical (unpaired) electrons. The average molecular weight is 319 g/mol. The van der Waals surface area contributed by atoms with Crippen molar-refractivity contribution < 1.29 is 18.0 Å². The van der Waals surface area contributed by atoms with Gasteiger partial charge in [0, 0.05) is 31.8 Å². The average Bonchev–Trinajstić information content (AvgIpc) is 2.43. The summed E-state index contributed by atoms with van der Waals surface area (Å²) in [5.74, 6) is -0.272. The highest BCUT2D eigenvalue weighted by atomic mass is 32.2. The molecule has 1 heterocycles. The topological polar surface area (TPSA) is 110 Å². The van der Waals surface area contributed by atoms with Crippen molar-refractivity contribution in [3.63, 3.8) is 0 Å². The van der Waals surface area contributed by atoms with Crippen molar-refractivity contribution >= 4 is 21.7 Å². The SMILES string of the molecule is CCC(=O)NC1CCN(C(=O)C(N)CCS(C)(=O)=O)CC1. The Morgan fingerprint density at radius 3 is 2.38 bits per heavy atom. The zero-order valence-electron chi connectivity index (χ0n) is 12.7. The maximum atomic E-state index is 12.1. The number of hydrogen-bond donors (Lipinski definition) is 2. The first kappa shape index (κ1) is 17.9. The van der Waals surface area contributed by atoms with Gasteiger partial charge in [0.05, 0.1) is 11.8 Å². The van der Waals surface area contributed by atoms with Gasteiger partial charge >= 0.3 is 0 Å². The van der Waals surface area contributed by atoms with Crippen LogP contribution in [0.5, 0.6) is 0 Å². The number of sulfone groups is 1. The summed E-state index contributed by atoms with van der Waals surface area (Å²) in [5, 5.41) is 2.91. The van der Waals surface area contributed by atoms with Gasteiger partial charge in [-0.05, 0) is 19.3 Å². The molecule has 21 heavy (non-hydrogen) atoms. The molecule has 1 aliphatic heterocycles. The van der Waals surface area contributed by atoms with E-state index in [0.29, 0.717) is 32.4 Å². The molecule has 1 saturated heterocycles. The van der Waals surface area contributed by atoms with Crippen molar-refractivity contribution in [2.45, 2.75) is 44.7 Å². The molecule has 1 aliphatic rings. The van der Waals surface area contributed by atoms with Crippen LogP contribution in [0, 0.1) is 0 Å². The van der Waals surface area contributed by atoms with Crippen molar-refractivity contribution in [1.82, 2.24) is 10.2 Å². The van der Waals surface area contributed by atoms with Crippen molar-refractivity contribution in [2.75, 3.05) is 25.1 Å². The van der Waals surface area contributed by atoms with Gasteiger partial charge in [-0.3, -0.25) is 9.59 Å². The molecular weight excluding hydrogens is 294 g/mol. The Hall–Kier alpha value is -1.15. The lowest BCUT2D eigenvalue weighted by atomic mass is 10.0. The molecule has 0 saturated carbocycles. The quantitative estimate of drug-likeness (QED) is 0.670. The minimum atomic E-state index is -3.11. The van der Waals surface area contributed by atoms with E-state index in [1.165, 1.54) is 0 Å². The molecule has 7 nitrogen and oxygen atoms in total. The van der Waals surface area contributed by atoms with Crippen LogP contribution in [0.15, 0.2) is 0 Å². The molecule has 8 heteroatoms. The molecule has 1 fully saturated rings. The number of carbonyl (C=O) groups excluding carboxylic acids is 2. The fourth-order valence-electron chi connectivity index (χ4n) is 2.27. The van der Waals surface area contributed by atoms with Crippen molar-refractivity contribution in [3.05, 3.63) is 0 Å².